The predicted octanol–water partition coefficient (Wildman–Crippen LogP) is 3.50. The van der Waals surface area contributed by atoms with Gasteiger partial charge in [-0.25, -0.2) is 4.98 Å². The zero-order valence-corrected chi connectivity index (χ0v) is 9.57. The first kappa shape index (κ1) is 10.2. The molecule has 0 spiro atoms. The minimum absolute atomic E-state index is 0.352. The van der Waals surface area contributed by atoms with Crippen molar-refractivity contribution in [2.24, 2.45) is 0 Å². The second-order valence-electron chi connectivity index (χ2n) is 3.70. The van der Waals surface area contributed by atoms with E-state index in [0.29, 0.717) is 6.04 Å². The molecule has 1 unspecified atom stereocenters. The fourth-order valence-corrected chi connectivity index (χ4v) is 2.45. The molecular formula is C12H14N2S. The predicted molar refractivity (Wildman–Crippen MR) is 64.1 cm³/mol. The van der Waals surface area contributed by atoms with Gasteiger partial charge in [-0.1, -0.05) is 11.6 Å². The van der Waals surface area contributed by atoms with Gasteiger partial charge in [0.25, 0.3) is 0 Å². The highest BCUT2D eigenvalue weighted by Gasteiger charge is 2.13. The molecule has 0 fully saturated rings. The maximum Gasteiger partial charge on any atom is 0.0952 e. The van der Waals surface area contributed by atoms with Gasteiger partial charge in [-0.05, 0) is 24.8 Å². The summed E-state index contributed by atoms with van der Waals surface area (Å²) in [5.41, 5.74) is 1.20. The average molecular weight is 218 g/mol. The van der Waals surface area contributed by atoms with Gasteiger partial charge >= 0.3 is 0 Å². The summed E-state index contributed by atoms with van der Waals surface area (Å²) in [6, 6.07) is 4.60. The van der Waals surface area contributed by atoms with Crippen molar-refractivity contribution in [1.29, 1.82) is 0 Å². The van der Waals surface area contributed by atoms with Crippen LogP contribution in [0.2, 0.25) is 0 Å². The fraction of sp³-hybridized carbons (Fsp3) is 0.250. The summed E-state index contributed by atoms with van der Waals surface area (Å²) in [4.78, 5) is 5.46. The van der Waals surface area contributed by atoms with Gasteiger partial charge in [-0.15, -0.1) is 17.9 Å². The van der Waals surface area contributed by atoms with E-state index >= 15 is 0 Å². The molecule has 0 N–H and O–H groups in total. The Balaban J connectivity index is 2.29. The Morgan fingerprint density at radius 3 is 3.07 bits per heavy atom. The summed E-state index contributed by atoms with van der Waals surface area (Å²) in [7, 11) is 0. The Kier molecular flexibility index (Phi) is 3.02. The molecule has 78 valence electrons. The summed E-state index contributed by atoms with van der Waals surface area (Å²) < 4.78 is 2.14. The first-order chi connectivity index (χ1) is 7.27. The van der Waals surface area contributed by atoms with E-state index in [1.54, 1.807) is 11.3 Å². The Morgan fingerprint density at radius 2 is 2.53 bits per heavy atom. The Bertz CT molecular complexity index is 380. The number of hydrogen-bond acceptors (Lipinski definition) is 2. The van der Waals surface area contributed by atoms with Gasteiger partial charge in [0.1, 0.15) is 0 Å². The van der Waals surface area contributed by atoms with E-state index in [2.05, 4.69) is 40.6 Å². The molecule has 2 heterocycles. The summed E-state index contributed by atoms with van der Waals surface area (Å²) in [5.74, 6) is 0. The monoisotopic (exact) mass is 218 g/mol. The van der Waals surface area contributed by atoms with Crippen molar-refractivity contribution in [3.8, 4) is 0 Å². The maximum atomic E-state index is 4.10. The molecule has 0 radical (unpaired) electrons. The van der Waals surface area contributed by atoms with Crippen molar-refractivity contribution in [2.75, 3.05) is 0 Å². The van der Waals surface area contributed by atoms with Crippen molar-refractivity contribution in [2.45, 2.75) is 19.4 Å². The smallest absolute Gasteiger partial charge is 0.0952 e. The highest BCUT2D eigenvalue weighted by atomic mass is 32.1. The number of hydrogen-bond donors (Lipinski definition) is 0. The number of thiophene rings is 1. The minimum atomic E-state index is 0.352. The molecule has 0 aromatic carbocycles. The Labute approximate surface area is 93.9 Å². The molecule has 0 aliphatic carbocycles. The summed E-state index contributed by atoms with van der Waals surface area (Å²) in [5, 5.41) is 2.11. The third-order valence-corrected chi connectivity index (χ3v) is 3.27. The lowest BCUT2D eigenvalue weighted by molar-refractivity contribution is 0.588. The standard InChI is InChI=1S/C12H14N2S/c1-10(2)8-11(12-4-3-7-15-12)14-6-5-13-9-14/h3-7,9,11H,1,8H2,2H3. The Morgan fingerprint density at radius 1 is 1.67 bits per heavy atom. The summed E-state index contributed by atoms with van der Waals surface area (Å²) >= 11 is 1.78. The molecule has 0 saturated carbocycles. The topological polar surface area (TPSA) is 17.8 Å². The lowest BCUT2D eigenvalue weighted by Gasteiger charge is -2.16. The van der Waals surface area contributed by atoms with Crippen molar-refractivity contribution >= 4 is 11.3 Å². The average Bonchev–Trinajstić information content (AvgIpc) is 2.87. The van der Waals surface area contributed by atoms with Gasteiger partial charge in [-0.3, -0.25) is 0 Å². The van der Waals surface area contributed by atoms with Crippen LogP contribution in [0.1, 0.15) is 24.3 Å². The van der Waals surface area contributed by atoms with Crippen LogP contribution in [-0.4, -0.2) is 9.55 Å². The molecule has 3 heteroatoms. The van der Waals surface area contributed by atoms with Gasteiger partial charge in [0.05, 0.1) is 12.4 Å². The molecule has 0 aliphatic rings. The Hall–Kier alpha value is -1.35. The molecule has 2 nitrogen and oxygen atoms in total. The van der Waals surface area contributed by atoms with Crippen LogP contribution >= 0.6 is 11.3 Å². The van der Waals surface area contributed by atoms with Crippen LogP contribution in [-0.2, 0) is 0 Å². The van der Waals surface area contributed by atoms with E-state index in [9.17, 15) is 0 Å². The van der Waals surface area contributed by atoms with Crippen LogP contribution in [0.3, 0.4) is 0 Å². The van der Waals surface area contributed by atoms with Gasteiger partial charge in [0.2, 0.25) is 0 Å². The van der Waals surface area contributed by atoms with Crippen LogP contribution in [0.4, 0.5) is 0 Å². The highest BCUT2D eigenvalue weighted by molar-refractivity contribution is 7.10. The molecule has 0 bridgehead atoms. The molecule has 2 aromatic rings. The van der Waals surface area contributed by atoms with E-state index in [4.69, 9.17) is 0 Å². The van der Waals surface area contributed by atoms with Crippen LogP contribution in [0, 0.1) is 0 Å². The molecule has 0 saturated heterocycles. The zero-order chi connectivity index (χ0) is 10.7. The normalized spacial score (nSPS) is 12.6. The third kappa shape index (κ3) is 2.36. The van der Waals surface area contributed by atoms with Crippen molar-refractivity contribution < 1.29 is 0 Å². The van der Waals surface area contributed by atoms with Crippen LogP contribution < -0.4 is 0 Å². The number of nitrogens with zero attached hydrogens (tertiary/aromatic N) is 2. The molecule has 15 heavy (non-hydrogen) atoms. The SMILES string of the molecule is C=C(C)CC(c1cccs1)n1ccnc1. The van der Waals surface area contributed by atoms with Gasteiger partial charge < -0.3 is 4.57 Å². The van der Waals surface area contributed by atoms with Crippen LogP contribution in [0.15, 0.2) is 48.4 Å². The molecule has 0 amide bonds. The van der Waals surface area contributed by atoms with Crippen LogP contribution in [0.25, 0.3) is 0 Å². The number of imidazole rings is 1. The fourth-order valence-electron chi connectivity index (χ4n) is 1.62. The second kappa shape index (κ2) is 4.45. The van der Waals surface area contributed by atoms with Gasteiger partial charge in [-0.2, -0.15) is 0 Å². The number of allylic oxidation sites excluding steroid dienone is 1. The molecule has 0 aliphatic heterocycles. The molecule has 1 atom stereocenters. The van der Waals surface area contributed by atoms with Crippen molar-refractivity contribution in [1.82, 2.24) is 9.55 Å². The van der Waals surface area contributed by atoms with Gasteiger partial charge in [0.15, 0.2) is 0 Å². The largest absolute Gasteiger partial charge is 0.329 e. The second-order valence-corrected chi connectivity index (χ2v) is 4.68. The van der Waals surface area contributed by atoms with Gasteiger partial charge in [0, 0.05) is 17.3 Å². The van der Waals surface area contributed by atoms with E-state index in [1.165, 1.54) is 10.5 Å². The number of rotatable bonds is 4. The van der Waals surface area contributed by atoms with E-state index in [-0.39, 0.29) is 0 Å². The minimum Gasteiger partial charge on any atom is -0.329 e. The first-order valence-corrected chi connectivity index (χ1v) is 5.80. The lowest BCUT2D eigenvalue weighted by atomic mass is 10.1. The quantitative estimate of drug-likeness (QED) is 0.718. The third-order valence-electron chi connectivity index (χ3n) is 2.30. The zero-order valence-electron chi connectivity index (χ0n) is 8.76. The van der Waals surface area contributed by atoms with Crippen LogP contribution in [0.5, 0.6) is 0 Å². The van der Waals surface area contributed by atoms with Crippen molar-refractivity contribution in [3.63, 3.8) is 0 Å². The van der Waals surface area contributed by atoms with E-state index < -0.39 is 0 Å². The number of aromatic nitrogens is 2. The summed E-state index contributed by atoms with van der Waals surface area (Å²) in [6.07, 6.45) is 6.66. The summed E-state index contributed by atoms with van der Waals surface area (Å²) in [6.45, 7) is 6.05. The van der Waals surface area contributed by atoms with E-state index in [1.807, 2.05) is 18.7 Å². The van der Waals surface area contributed by atoms with E-state index in [0.717, 1.165) is 6.42 Å². The van der Waals surface area contributed by atoms with Crippen molar-refractivity contribution in [3.05, 3.63) is 53.3 Å². The molecular weight excluding hydrogens is 204 g/mol. The molecule has 2 rings (SSSR count). The first-order valence-electron chi connectivity index (χ1n) is 4.92. The molecule has 2 aromatic heterocycles. The lowest BCUT2D eigenvalue weighted by Crippen LogP contribution is -2.07. The maximum absolute atomic E-state index is 4.10. The highest BCUT2D eigenvalue weighted by Crippen LogP contribution is 2.28.